The van der Waals surface area contributed by atoms with Crippen LogP contribution in [0.25, 0.3) is 11.0 Å². The number of aromatic amines is 1. The summed E-state index contributed by atoms with van der Waals surface area (Å²) in [5.41, 5.74) is 5.89. The fourth-order valence-corrected chi connectivity index (χ4v) is 10.6. The van der Waals surface area contributed by atoms with Crippen molar-refractivity contribution in [3.05, 3.63) is 89.8 Å². The Morgan fingerprint density at radius 1 is 1.05 bits per heavy atom. The van der Waals surface area contributed by atoms with E-state index in [-0.39, 0.29) is 27.2 Å². The first-order valence-corrected chi connectivity index (χ1v) is 24.9. The maximum atomic E-state index is 14.0. The molecule has 0 bridgehead atoms. The predicted molar refractivity (Wildman–Crippen MR) is 262 cm³/mol. The van der Waals surface area contributed by atoms with E-state index in [4.69, 9.17) is 4.74 Å². The summed E-state index contributed by atoms with van der Waals surface area (Å²) >= 11 is 4.23. The Balaban J connectivity index is 1.07. The van der Waals surface area contributed by atoms with Gasteiger partial charge in [0.2, 0.25) is 0 Å². The van der Waals surface area contributed by atoms with Crippen LogP contribution in [0.2, 0.25) is 0 Å². The number of halogens is 4. The summed E-state index contributed by atoms with van der Waals surface area (Å²) < 4.78 is 64.8. The number of amides is 1. The van der Waals surface area contributed by atoms with E-state index in [1.54, 1.807) is 36.7 Å². The lowest BCUT2D eigenvalue weighted by Gasteiger charge is -2.39. The zero-order valence-electron chi connectivity index (χ0n) is 35.7. The molecule has 4 aromatic rings. The van der Waals surface area contributed by atoms with E-state index in [2.05, 4.69) is 103 Å². The minimum Gasteiger partial charge on any atom is -0.455 e. The Bertz CT molecular complexity index is 2390. The van der Waals surface area contributed by atoms with Crippen molar-refractivity contribution in [2.24, 2.45) is 17.3 Å². The number of hydrogen-bond donors (Lipinski definition) is 3. The van der Waals surface area contributed by atoms with Gasteiger partial charge < -0.3 is 19.9 Å². The van der Waals surface area contributed by atoms with Gasteiger partial charge in [0, 0.05) is 62.6 Å². The van der Waals surface area contributed by atoms with Crippen LogP contribution in [-0.2, 0) is 10.0 Å². The highest BCUT2D eigenvalue weighted by atomic mass is 127. The number of H-pyrrole nitrogens is 1. The van der Waals surface area contributed by atoms with Gasteiger partial charge in [-0.05, 0) is 110 Å². The van der Waals surface area contributed by atoms with Crippen molar-refractivity contribution in [2.45, 2.75) is 89.9 Å². The number of pyridine rings is 1. The molecule has 2 aromatic heterocycles. The number of piperazine rings is 1. The van der Waals surface area contributed by atoms with Gasteiger partial charge in [-0.1, -0.05) is 51.3 Å². The van der Waals surface area contributed by atoms with E-state index >= 15 is 0 Å². The summed E-state index contributed by atoms with van der Waals surface area (Å²) in [5, 5.41) is 4.37. The lowest BCUT2D eigenvalue weighted by atomic mass is 9.73. The van der Waals surface area contributed by atoms with Gasteiger partial charge >= 0.3 is 0 Å². The van der Waals surface area contributed by atoms with Crippen molar-refractivity contribution in [1.82, 2.24) is 19.6 Å². The molecule has 1 saturated carbocycles. The van der Waals surface area contributed by atoms with Crippen molar-refractivity contribution in [3.63, 3.8) is 0 Å². The number of aromatic nitrogens is 2. The normalized spacial score (nSPS) is 19.8. The van der Waals surface area contributed by atoms with Gasteiger partial charge in [-0.3, -0.25) is 11.0 Å². The summed E-state index contributed by atoms with van der Waals surface area (Å²) in [4.78, 5) is 26.2. The van der Waals surface area contributed by atoms with Crippen molar-refractivity contribution < 1.29 is 26.7 Å². The summed E-state index contributed by atoms with van der Waals surface area (Å²) in [7, 11) is -4.29. The number of carbonyl (C=O) groups is 1. The molecule has 1 amide bonds. The first-order valence-electron chi connectivity index (χ1n) is 21.5. The van der Waals surface area contributed by atoms with Gasteiger partial charge in [0.05, 0.1) is 73.8 Å². The number of ether oxygens (including phenoxy) is 1. The highest BCUT2D eigenvalue weighted by Crippen LogP contribution is 2.42. The molecule has 1 saturated heterocycles. The first kappa shape index (κ1) is 46.5. The number of fused-ring (bicyclic) bond motifs is 1. The third-order valence-corrected chi connectivity index (χ3v) is 15.1. The molecule has 2 aromatic carbocycles. The second-order valence-corrected chi connectivity index (χ2v) is 23.5. The van der Waals surface area contributed by atoms with Gasteiger partial charge in [0.15, 0.2) is 0 Å². The average Bonchev–Trinajstić information content (AvgIpc) is 3.71. The number of hydrogen-bond acceptors (Lipinski definition) is 9. The first-order chi connectivity index (χ1) is 29.5. The number of benzene rings is 2. The highest BCUT2D eigenvalue weighted by molar-refractivity contribution is 14.2. The summed E-state index contributed by atoms with van der Waals surface area (Å²) in [5.74, 6) is 1.10. The molecule has 0 spiro atoms. The Morgan fingerprint density at radius 3 is 2.53 bits per heavy atom. The minimum absolute atomic E-state index is 0.00100. The smallest absolute Gasteiger partial charge is 0.268 e. The zero-order chi connectivity index (χ0) is 44.2. The largest absolute Gasteiger partial charge is 0.455 e. The van der Waals surface area contributed by atoms with Gasteiger partial charge in [-0.15, -0.1) is 0 Å². The molecule has 1 aliphatic heterocycles. The van der Waals surface area contributed by atoms with Crippen LogP contribution in [0.3, 0.4) is 0 Å². The summed E-state index contributed by atoms with van der Waals surface area (Å²) in [6.07, 6.45) is 9.51. The number of carbonyl (C=O) groups excluding carboxylic acids is 1. The van der Waals surface area contributed by atoms with Crippen LogP contribution in [0.1, 0.15) is 88.9 Å². The molecule has 3 N–H and O–H groups in total. The third kappa shape index (κ3) is 11.8. The highest BCUT2D eigenvalue weighted by Gasteiger charge is 2.30. The molecule has 3 aliphatic rings. The standard InChI is InChI=1S/C46H57F2I2N7O4S/c1-30-5-8-32(9-6-30)27-52-40-14-12-38(25-41(40)57(49)50)62(59,60)54-45(58)39-13-11-36(24-42(39)61-37-23-33-16-18-51-44(33)53-28-37)56-21-19-55(20-22-56)29-35-15-17-46(3,4)26-34(35)10-7-31(2)43(47)48/h11-14,16,18,23-25,28,30,32,43,52H,2,5-10,15,17,19-22,26-27,29H2,1,3-4H3,(H,51,53)(H,54,58)/t30-,32+. The second kappa shape index (κ2) is 20.1. The monoisotopic (exact) mass is 1100 g/mol. The SMILES string of the molecule is C=C(CCC1=C(CN2CCN(c3ccc(C(=O)NS(=O)(=O)c4ccc(NC[C@H]5CC[C@@H](C)CC5)c(N(I)I)c4)c(Oc4cnc5[nH]ccc5c4)c3)CC2)CCC(C)(C)C1)C(F)F. The molecular formula is C46H57F2I2N7O4S. The Kier molecular flexibility index (Phi) is 15.1. The number of nitrogens with zero attached hydrogens (tertiary/aromatic N) is 4. The molecule has 0 unspecified atom stereocenters. The zero-order valence-corrected chi connectivity index (χ0v) is 40.8. The van der Waals surface area contributed by atoms with Crippen LogP contribution in [0.5, 0.6) is 11.5 Å². The number of alkyl halides is 2. The summed E-state index contributed by atoms with van der Waals surface area (Å²) in [6, 6.07) is 13.8. The van der Waals surface area contributed by atoms with Gasteiger partial charge in [0.1, 0.15) is 17.1 Å². The van der Waals surface area contributed by atoms with Crippen LogP contribution in [0, 0.1) is 17.3 Å². The molecular weight excluding hydrogens is 1040 g/mol. The summed E-state index contributed by atoms with van der Waals surface area (Å²) in [6.45, 7) is 15.0. The quantitative estimate of drug-likeness (QED) is 0.0572. The molecule has 62 heavy (non-hydrogen) atoms. The van der Waals surface area contributed by atoms with Crippen LogP contribution in [-0.4, -0.2) is 74.9 Å². The molecule has 7 rings (SSSR count). The van der Waals surface area contributed by atoms with Crippen LogP contribution < -0.4 is 21.0 Å². The number of sulfonamides is 1. The van der Waals surface area contributed by atoms with Gasteiger partial charge in [0.25, 0.3) is 22.4 Å². The van der Waals surface area contributed by atoms with E-state index in [1.165, 1.54) is 42.9 Å². The number of nitrogens with one attached hydrogen (secondary N) is 3. The maximum absolute atomic E-state index is 14.0. The van der Waals surface area contributed by atoms with Crippen molar-refractivity contribution >= 4 is 89.8 Å². The lowest BCUT2D eigenvalue weighted by molar-refractivity contribution is 0.0979. The van der Waals surface area contributed by atoms with Crippen molar-refractivity contribution in [3.8, 4) is 11.5 Å². The number of anilines is 3. The third-order valence-electron chi connectivity index (χ3n) is 12.7. The lowest BCUT2D eigenvalue weighted by Crippen LogP contribution is -2.47. The Hall–Kier alpha value is -3.49. The fraction of sp³-hybridized carbons (Fsp3) is 0.478. The molecule has 16 heteroatoms. The van der Waals surface area contributed by atoms with E-state index in [0.29, 0.717) is 48.9 Å². The van der Waals surface area contributed by atoms with E-state index in [9.17, 15) is 22.0 Å². The van der Waals surface area contributed by atoms with E-state index in [0.717, 1.165) is 68.1 Å². The minimum atomic E-state index is -4.29. The number of rotatable bonds is 16. The maximum Gasteiger partial charge on any atom is 0.268 e. The Morgan fingerprint density at radius 2 is 1.81 bits per heavy atom. The van der Waals surface area contributed by atoms with Gasteiger partial charge in [-0.2, -0.15) is 0 Å². The predicted octanol–water partition coefficient (Wildman–Crippen LogP) is 11.4. The molecule has 0 atom stereocenters. The van der Waals surface area contributed by atoms with Gasteiger partial charge in [-0.25, -0.2) is 26.9 Å². The van der Waals surface area contributed by atoms with E-state index in [1.807, 2.05) is 19.5 Å². The van der Waals surface area contributed by atoms with Crippen LogP contribution >= 0.6 is 45.7 Å². The molecule has 2 fully saturated rings. The topological polar surface area (TPSA) is 123 Å². The average molecular weight is 1100 g/mol. The molecule has 2 aliphatic carbocycles. The Labute approximate surface area is 392 Å². The van der Waals surface area contributed by atoms with Crippen LogP contribution in [0.15, 0.2) is 89.1 Å². The molecule has 11 nitrogen and oxygen atoms in total. The second-order valence-electron chi connectivity index (χ2n) is 18.0. The van der Waals surface area contributed by atoms with Crippen molar-refractivity contribution in [2.75, 3.05) is 50.8 Å². The molecule has 3 heterocycles. The van der Waals surface area contributed by atoms with Crippen molar-refractivity contribution in [1.29, 1.82) is 0 Å². The molecule has 0 radical (unpaired) electrons. The fourth-order valence-electron chi connectivity index (χ4n) is 8.84. The molecule has 334 valence electrons. The van der Waals surface area contributed by atoms with Crippen LogP contribution in [0.4, 0.5) is 25.8 Å². The van der Waals surface area contributed by atoms with E-state index < -0.39 is 22.4 Å². The number of allylic oxidation sites excluding steroid dienone is 2.